The monoisotopic (exact) mass is 710 g/mol. The van der Waals surface area contributed by atoms with Gasteiger partial charge in [0.2, 0.25) is 0 Å². The number of hydrogen-bond donors (Lipinski definition) is 3. The van der Waals surface area contributed by atoms with Crippen LogP contribution in [0.25, 0.3) is 21.6 Å². The molecule has 51 heavy (non-hydrogen) atoms. The summed E-state index contributed by atoms with van der Waals surface area (Å²) in [5.74, 6) is -0.989. The fourth-order valence-corrected chi connectivity index (χ4v) is 7.37. The van der Waals surface area contributed by atoms with Crippen LogP contribution in [0.3, 0.4) is 0 Å². The molecule has 2 aromatic heterocycles. The molecule has 6 rings (SSSR count). The maximum absolute atomic E-state index is 14.2. The number of nitrogens with zero attached hydrogens (tertiary/aromatic N) is 1. The zero-order valence-corrected chi connectivity index (χ0v) is 30.3. The van der Waals surface area contributed by atoms with Gasteiger partial charge in [-0.3, -0.25) is 9.59 Å². The highest BCUT2D eigenvalue weighted by Crippen LogP contribution is 2.43. The lowest BCUT2D eigenvalue weighted by atomic mass is 9.93. The number of carbonyl (C=O) groups is 4. The second kappa shape index (κ2) is 14.6. The Labute approximate surface area is 301 Å². The van der Waals surface area contributed by atoms with Crippen molar-refractivity contribution >= 4 is 40.9 Å². The molecule has 4 aromatic rings. The van der Waals surface area contributed by atoms with Crippen molar-refractivity contribution in [1.82, 2.24) is 15.6 Å². The molecule has 3 heterocycles. The molecule has 2 aliphatic rings. The molecule has 0 saturated heterocycles. The van der Waals surface area contributed by atoms with Gasteiger partial charge in [0.25, 0.3) is 11.8 Å². The molecule has 1 saturated carbocycles. The number of esters is 1. The molecule has 3 amide bonds. The minimum absolute atomic E-state index is 0.0776. The number of nitrogens with one attached hydrogen (secondary N) is 3. The number of pyridine rings is 1. The van der Waals surface area contributed by atoms with Crippen LogP contribution in [0.15, 0.2) is 60.0 Å². The number of ether oxygens (including phenoxy) is 3. The number of benzene rings is 2. The molecule has 0 atom stereocenters. The molecule has 0 bridgehead atoms. The van der Waals surface area contributed by atoms with E-state index < -0.39 is 23.6 Å². The summed E-state index contributed by atoms with van der Waals surface area (Å²) in [5.41, 5.74) is 3.25. The molecule has 0 unspecified atom stereocenters. The standard InChI is InChI=1S/C39H42N4O7S/c1-38(2,3)50-37(47)40-22-23-8-10-25(11-9-23)41-34(44)28-20-29-31(49-18-14-24-15-19-51-33(24)29)21-27(28)26-12-13-30(42-32(26)36(46)48-5)35(45)43-39(4)16-6-7-17-39/h8-13,15,19-21H,6-7,14,16-18,22H2,1-5H3,(H,40,47)(H,41,44)(H,43,45). The number of anilines is 1. The first-order valence-corrected chi connectivity index (χ1v) is 17.9. The second-order valence-corrected chi connectivity index (χ2v) is 15.0. The molecule has 12 heteroatoms. The number of methoxy groups -OCH3 is 1. The number of carbonyl (C=O) groups excluding carboxylic acids is 4. The zero-order chi connectivity index (χ0) is 36.3. The molecule has 2 aromatic carbocycles. The van der Waals surface area contributed by atoms with Crippen molar-refractivity contribution in [2.45, 2.75) is 77.5 Å². The van der Waals surface area contributed by atoms with Crippen molar-refractivity contribution in [3.8, 4) is 27.3 Å². The van der Waals surface area contributed by atoms with E-state index in [2.05, 4.69) is 27.0 Å². The predicted molar refractivity (Wildman–Crippen MR) is 195 cm³/mol. The molecule has 266 valence electrons. The van der Waals surface area contributed by atoms with Crippen molar-refractivity contribution in [3.05, 3.63) is 88.1 Å². The van der Waals surface area contributed by atoms with Gasteiger partial charge in [-0.1, -0.05) is 25.0 Å². The molecule has 11 nitrogen and oxygen atoms in total. The summed E-state index contributed by atoms with van der Waals surface area (Å²) in [6, 6.07) is 15.9. The lowest BCUT2D eigenvalue weighted by Crippen LogP contribution is -2.44. The molecular weight excluding hydrogens is 669 g/mol. The first-order valence-electron chi connectivity index (χ1n) is 17.0. The summed E-state index contributed by atoms with van der Waals surface area (Å²) < 4.78 is 16.6. The summed E-state index contributed by atoms with van der Waals surface area (Å²) in [5, 5.41) is 10.8. The Balaban J connectivity index is 1.35. The number of fused-ring (bicyclic) bond motifs is 3. The summed E-state index contributed by atoms with van der Waals surface area (Å²) in [6.45, 7) is 8.09. The highest BCUT2D eigenvalue weighted by molar-refractivity contribution is 7.13. The Morgan fingerprint density at radius 1 is 0.941 bits per heavy atom. The van der Waals surface area contributed by atoms with Gasteiger partial charge >= 0.3 is 12.1 Å². The van der Waals surface area contributed by atoms with E-state index in [-0.39, 0.29) is 34.9 Å². The van der Waals surface area contributed by atoms with Crippen molar-refractivity contribution in [2.75, 3.05) is 19.0 Å². The van der Waals surface area contributed by atoms with Crippen molar-refractivity contribution in [2.24, 2.45) is 0 Å². The van der Waals surface area contributed by atoms with Gasteiger partial charge in [-0.25, -0.2) is 14.6 Å². The number of rotatable bonds is 8. The van der Waals surface area contributed by atoms with Crippen LogP contribution in [0.4, 0.5) is 10.5 Å². The molecule has 1 aliphatic heterocycles. The van der Waals surface area contributed by atoms with Gasteiger partial charge in [-0.2, -0.15) is 0 Å². The van der Waals surface area contributed by atoms with Crippen LogP contribution in [-0.2, 0) is 22.4 Å². The van der Waals surface area contributed by atoms with Crippen molar-refractivity contribution in [1.29, 1.82) is 0 Å². The quantitative estimate of drug-likeness (QED) is 0.159. The lowest BCUT2D eigenvalue weighted by Gasteiger charge is -2.25. The number of hydrogen-bond acceptors (Lipinski definition) is 9. The van der Waals surface area contributed by atoms with Crippen LogP contribution in [-0.4, -0.2) is 53.7 Å². The van der Waals surface area contributed by atoms with Gasteiger partial charge in [0.05, 0.1) is 13.7 Å². The SMILES string of the molecule is COC(=O)c1nc(C(=O)NC2(C)CCCC2)ccc1-c1cc2c(cc1C(=O)Nc1ccc(CNC(=O)OC(C)(C)C)cc1)-c1sccc1CCO2. The van der Waals surface area contributed by atoms with E-state index in [1.165, 1.54) is 7.11 Å². The normalized spacial score (nSPS) is 14.6. The van der Waals surface area contributed by atoms with Crippen LogP contribution in [0.2, 0.25) is 0 Å². The molecule has 0 spiro atoms. The third kappa shape index (κ3) is 8.23. The summed E-state index contributed by atoms with van der Waals surface area (Å²) in [7, 11) is 1.25. The van der Waals surface area contributed by atoms with Crippen LogP contribution in [0, 0.1) is 0 Å². The Kier molecular flexibility index (Phi) is 10.2. The smallest absolute Gasteiger partial charge is 0.407 e. The van der Waals surface area contributed by atoms with Crippen LogP contribution in [0.1, 0.15) is 95.8 Å². The third-order valence-electron chi connectivity index (χ3n) is 8.95. The number of thiophene rings is 1. The van der Waals surface area contributed by atoms with E-state index in [0.717, 1.165) is 47.3 Å². The maximum atomic E-state index is 14.2. The average Bonchev–Trinajstić information content (AvgIpc) is 3.71. The van der Waals surface area contributed by atoms with E-state index >= 15 is 0 Å². The van der Waals surface area contributed by atoms with Crippen LogP contribution >= 0.6 is 11.3 Å². The Hall–Kier alpha value is -5.23. The van der Waals surface area contributed by atoms with E-state index in [4.69, 9.17) is 14.2 Å². The molecule has 3 N–H and O–H groups in total. The van der Waals surface area contributed by atoms with Gasteiger partial charge in [0, 0.05) is 51.3 Å². The highest BCUT2D eigenvalue weighted by Gasteiger charge is 2.32. The fraction of sp³-hybridized carbons (Fsp3) is 0.359. The Bertz CT molecular complexity index is 1970. The number of amides is 3. The summed E-state index contributed by atoms with van der Waals surface area (Å²) >= 11 is 1.57. The molecule has 1 aliphatic carbocycles. The Morgan fingerprint density at radius 2 is 1.69 bits per heavy atom. The summed E-state index contributed by atoms with van der Waals surface area (Å²) in [6.07, 6.45) is 3.98. The molecular formula is C39H42N4O7S. The fourth-order valence-electron chi connectivity index (χ4n) is 6.39. The van der Waals surface area contributed by atoms with Gasteiger partial charge in [0.15, 0.2) is 5.69 Å². The van der Waals surface area contributed by atoms with E-state index in [9.17, 15) is 19.2 Å². The van der Waals surface area contributed by atoms with E-state index in [1.54, 1.807) is 80.6 Å². The predicted octanol–water partition coefficient (Wildman–Crippen LogP) is 7.54. The topological polar surface area (TPSA) is 145 Å². The first-order chi connectivity index (χ1) is 24.3. The van der Waals surface area contributed by atoms with Gasteiger partial charge in [-0.15, -0.1) is 11.3 Å². The molecule has 0 radical (unpaired) electrons. The summed E-state index contributed by atoms with van der Waals surface area (Å²) in [4.78, 5) is 58.4. The number of aromatic nitrogens is 1. The highest BCUT2D eigenvalue weighted by atomic mass is 32.1. The van der Waals surface area contributed by atoms with Crippen molar-refractivity contribution in [3.63, 3.8) is 0 Å². The largest absolute Gasteiger partial charge is 0.493 e. The van der Waals surface area contributed by atoms with E-state index in [0.29, 0.717) is 35.6 Å². The Morgan fingerprint density at radius 3 is 2.39 bits per heavy atom. The minimum Gasteiger partial charge on any atom is -0.493 e. The maximum Gasteiger partial charge on any atom is 0.407 e. The number of alkyl carbamates (subject to hydrolysis) is 1. The van der Waals surface area contributed by atoms with Crippen LogP contribution in [0.5, 0.6) is 5.75 Å². The molecule has 1 fully saturated rings. The van der Waals surface area contributed by atoms with Gasteiger partial charge < -0.3 is 30.2 Å². The minimum atomic E-state index is -0.745. The van der Waals surface area contributed by atoms with E-state index in [1.807, 2.05) is 12.3 Å². The van der Waals surface area contributed by atoms with Crippen LogP contribution < -0.4 is 20.7 Å². The zero-order valence-electron chi connectivity index (χ0n) is 29.4. The van der Waals surface area contributed by atoms with Gasteiger partial charge in [0.1, 0.15) is 17.0 Å². The average molecular weight is 711 g/mol. The second-order valence-electron chi connectivity index (χ2n) is 14.1. The lowest BCUT2D eigenvalue weighted by molar-refractivity contribution is 0.0521. The third-order valence-corrected chi connectivity index (χ3v) is 9.94. The first kappa shape index (κ1) is 35.6. The van der Waals surface area contributed by atoms with Crippen molar-refractivity contribution < 1.29 is 33.4 Å². The van der Waals surface area contributed by atoms with Gasteiger partial charge in [-0.05, 0) is 99.5 Å².